The second-order valence-electron chi connectivity index (χ2n) is 5.93. The van der Waals surface area contributed by atoms with E-state index in [-0.39, 0.29) is 12.5 Å². The minimum Gasteiger partial charge on any atom is -0.488 e. The van der Waals surface area contributed by atoms with Crippen molar-refractivity contribution in [3.05, 3.63) is 66.4 Å². The Morgan fingerprint density at radius 1 is 1.16 bits per heavy atom. The average molecular weight is 333 g/mol. The van der Waals surface area contributed by atoms with Gasteiger partial charge in [-0.2, -0.15) is 5.10 Å². The van der Waals surface area contributed by atoms with E-state index in [0.29, 0.717) is 13.2 Å². The topological polar surface area (TPSA) is 47.4 Å². The monoisotopic (exact) mass is 333 g/mol. The first-order valence-corrected chi connectivity index (χ1v) is 8.40. The molecule has 1 aromatic heterocycles. The maximum atomic E-state index is 12.9. The number of hydrogen-bond acceptors (Lipinski definition) is 3. The van der Waals surface area contributed by atoms with Crippen molar-refractivity contribution in [2.24, 2.45) is 0 Å². The molecule has 0 bridgehead atoms. The van der Waals surface area contributed by atoms with Gasteiger partial charge in [-0.1, -0.05) is 30.3 Å². The summed E-state index contributed by atoms with van der Waals surface area (Å²) in [6, 6.07) is 17.6. The fraction of sp³-hybridized carbons (Fsp3) is 0.200. The number of nitrogens with zero attached hydrogens (tertiary/aromatic N) is 3. The van der Waals surface area contributed by atoms with Gasteiger partial charge in [0.1, 0.15) is 18.9 Å². The Labute approximate surface area is 146 Å². The number of rotatable bonds is 4. The number of carbonyl (C=O) groups excluding carboxylic acids is 1. The van der Waals surface area contributed by atoms with Crippen LogP contribution in [0.25, 0.3) is 11.3 Å². The van der Waals surface area contributed by atoms with Gasteiger partial charge in [0.2, 0.25) is 5.91 Å². The lowest BCUT2D eigenvalue weighted by Crippen LogP contribution is -2.34. The fourth-order valence-electron chi connectivity index (χ4n) is 3.23. The summed E-state index contributed by atoms with van der Waals surface area (Å²) in [6.45, 7) is 3.28. The lowest BCUT2D eigenvalue weighted by Gasteiger charge is -2.23. The maximum absolute atomic E-state index is 12.9. The Kier molecular flexibility index (Phi) is 3.98. The summed E-state index contributed by atoms with van der Waals surface area (Å²) in [4.78, 5) is 14.7. The average Bonchev–Trinajstić information content (AvgIpc) is 3.06. The summed E-state index contributed by atoms with van der Waals surface area (Å²) in [7, 11) is 0. The van der Waals surface area contributed by atoms with Gasteiger partial charge in [-0.25, -0.2) is 0 Å². The number of hydrogen-bond donors (Lipinski definition) is 0. The van der Waals surface area contributed by atoms with Crippen LogP contribution in [0.4, 0.5) is 5.69 Å². The van der Waals surface area contributed by atoms with Crippen LogP contribution in [-0.2, 0) is 17.9 Å². The molecular weight excluding hydrogens is 314 g/mol. The molecule has 126 valence electrons. The number of fused-ring (bicyclic) bond motifs is 3. The van der Waals surface area contributed by atoms with Crippen molar-refractivity contribution in [1.29, 1.82) is 0 Å². The summed E-state index contributed by atoms with van der Waals surface area (Å²) >= 11 is 0. The minimum atomic E-state index is 0.0172. The first kappa shape index (κ1) is 15.4. The molecule has 0 N–H and O–H groups in total. The second kappa shape index (κ2) is 6.43. The van der Waals surface area contributed by atoms with Crippen LogP contribution >= 0.6 is 0 Å². The molecule has 0 saturated carbocycles. The first-order valence-electron chi connectivity index (χ1n) is 8.40. The van der Waals surface area contributed by atoms with Gasteiger partial charge in [0, 0.05) is 23.4 Å². The molecule has 3 aromatic rings. The molecule has 0 atom stereocenters. The zero-order chi connectivity index (χ0) is 17.2. The highest BCUT2D eigenvalue weighted by Crippen LogP contribution is 2.37. The molecule has 0 spiro atoms. The quantitative estimate of drug-likeness (QED) is 0.734. The van der Waals surface area contributed by atoms with E-state index in [1.807, 2.05) is 61.5 Å². The van der Waals surface area contributed by atoms with E-state index in [1.165, 1.54) is 0 Å². The molecule has 0 fully saturated rings. The number of likely N-dealkylation sites (N-methyl/N-ethyl adjacent to an activating group) is 1. The van der Waals surface area contributed by atoms with Crippen molar-refractivity contribution in [1.82, 2.24) is 9.78 Å². The molecule has 5 nitrogen and oxygen atoms in total. The normalized spacial score (nSPS) is 12.0. The maximum Gasteiger partial charge on any atom is 0.248 e. The largest absolute Gasteiger partial charge is 0.488 e. The molecule has 0 aliphatic carbocycles. The van der Waals surface area contributed by atoms with Crippen molar-refractivity contribution in [3.8, 4) is 17.0 Å². The van der Waals surface area contributed by atoms with Crippen molar-refractivity contribution in [2.75, 3.05) is 11.4 Å². The highest BCUT2D eigenvalue weighted by Gasteiger charge is 2.24. The van der Waals surface area contributed by atoms with E-state index < -0.39 is 0 Å². The summed E-state index contributed by atoms with van der Waals surface area (Å²) in [5.74, 6) is 0.850. The molecule has 1 aliphatic heterocycles. The van der Waals surface area contributed by atoms with Gasteiger partial charge in [0.25, 0.3) is 0 Å². The predicted molar refractivity (Wildman–Crippen MR) is 96.5 cm³/mol. The van der Waals surface area contributed by atoms with E-state index >= 15 is 0 Å². The Bertz CT molecular complexity index is 902. The van der Waals surface area contributed by atoms with Crippen LogP contribution in [0.2, 0.25) is 0 Å². The van der Waals surface area contributed by atoms with Gasteiger partial charge in [-0.3, -0.25) is 9.48 Å². The van der Waals surface area contributed by atoms with Crippen LogP contribution in [-0.4, -0.2) is 22.2 Å². The minimum absolute atomic E-state index is 0.0172. The first-order chi connectivity index (χ1) is 12.3. The third-order valence-electron chi connectivity index (χ3n) is 4.41. The third-order valence-corrected chi connectivity index (χ3v) is 4.41. The molecule has 5 heteroatoms. The van der Waals surface area contributed by atoms with Crippen LogP contribution in [0.5, 0.6) is 5.75 Å². The summed E-state index contributed by atoms with van der Waals surface area (Å²) < 4.78 is 7.54. The van der Waals surface area contributed by atoms with Crippen LogP contribution in [0, 0.1) is 0 Å². The van der Waals surface area contributed by atoms with Crippen LogP contribution in [0.3, 0.4) is 0 Å². The SMILES string of the molecule is CCN(C(=O)Cn1ncc2c1-c1ccccc1OC2)c1ccccc1. The lowest BCUT2D eigenvalue weighted by molar-refractivity contribution is -0.119. The zero-order valence-electron chi connectivity index (χ0n) is 14.1. The van der Waals surface area contributed by atoms with Gasteiger partial charge < -0.3 is 9.64 Å². The number of ether oxygens (including phenoxy) is 1. The summed E-state index contributed by atoms with van der Waals surface area (Å²) in [5, 5.41) is 4.44. The van der Waals surface area contributed by atoms with Crippen LogP contribution in [0.15, 0.2) is 60.8 Å². The molecule has 1 amide bonds. The summed E-state index contributed by atoms with van der Waals surface area (Å²) in [5.41, 5.74) is 3.87. The van der Waals surface area contributed by atoms with Crippen molar-refractivity contribution < 1.29 is 9.53 Å². The van der Waals surface area contributed by atoms with E-state index in [2.05, 4.69) is 5.10 Å². The zero-order valence-corrected chi connectivity index (χ0v) is 14.1. The molecule has 2 heterocycles. The molecular formula is C20H19N3O2. The Hall–Kier alpha value is -3.08. The molecule has 25 heavy (non-hydrogen) atoms. The lowest BCUT2D eigenvalue weighted by atomic mass is 10.0. The highest BCUT2D eigenvalue weighted by molar-refractivity contribution is 5.93. The van der Waals surface area contributed by atoms with Crippen molar-refractivity contribution in [2.45, 2.75) is 20.1 Å². The van der Waals surface area contributed by atoms with Crippen molar-refractivity contribution >= 4 is 11.6 Å². The fourth-order valence-corrected chi connectivity index (χ4v) is 3.23. The predicted octanol–water partition coefficient (Wildman–Crippen LogP) is 3.50. The Morgan fingerprint density at radius 3 is 2.72 bits per heavy atom. The van der Waals surface area contributed by atoms with E-state index in [4.69, 9.17) is 4.74 Å². The molecule has 4 rings (SSSR count). The second-order valence-corrected chi connectivity index (χ2v) is 5.93. The molecule has 1 aliphatic rings. The molecule has 2 aromatic carbocycles. The number of benzene rings is 2. The van der Waals surface area contributed by atoms with Crippen LogP contribution in [0.1, 0.15) is 12.5 Å². The smallest absolute Gasteiger partial charge is 0.248 e. The molecule has 0 unspecified atom stereocenters. The van der Waals surface area contributed by atoms with Crippen molar-refractivity contribution in [3.63, 3.8) is 0 Å². The van der Waals surface area contributed by atoms with Gasteiger partial charge in [0.15, 0.2) is 0 Å². The number of carbonyl (C=O) groups is 1. The molecule has 0 radical (unpaired) electrons. The van der Waals surface area contributed by atoms with Crippen LogP contribution < -0.4 is 9.64 Å². The number of para-hydroxylation sites is 2. The molecule has 0 saturated heterocycles. The van der Waals surface area contributed by atoms with E-state index in [9.17, 15) is 4.79 Å². The number of anilines is 1. The van der Waals surface area contributed by atoms with Gasteiger partial charge in [0.05, 0.1) is 11.9 Å². The standard InChI is InChI=1S/C20H19N3O2/c1-2-22(16-8-4-3-5-9-16)19(24)13-23-20-15(12-21-23)14-25-18-11-7-6-10-17(18)20/h3-12H,2,13-14H2,1H3. The number of amides is 1. The third kappa shape index (κ3) is 2.78. The number of aromatic nitrogens is 2. The van der Waals surface area contributed by atoms with E-state index in [1.54, 1.807) is 15.8 Å². The summed E-state index contributed by atoms with van der Waals surface area (Å²) in [6.07, 6.45) is 1.79. The highest BCUT2D eigenvalue weighted by atomic mass is 16.5. The van der Waals surface area contributed by atoms with Gasteiger partial charge >= 0.3 is 0 Å². The Balaban J connectivity index is 1.65. The van der Waals surface area contributed by atoms with E-state index in [0.717, 1.165) is 28.3 Å². The van der Waals surface area contributed by atoms with Gasteiger partial charge in [-0.15, -0.1) is 0 Å². The van der Waals surface area contributed by atoms with Gasteiger partial charge in [-0.05, 0) is 31.2 Å². The Morgan fingerprint density at radius 2 is 1.92 bits per heavy atom.